The van der Waals surface area contributed by atoms with Gasteiger partial charge in [-0.05, 0) is 23.4 Å². The van der Waals surface area contributed by atoms with Gasteiger partial charge in [0.15, 0.2) is 5.78 Å². The van der Waals surface area contributed by atoms with Gasteiger partial charge in [-0.25, -0.2) is 4.79 Å². The van der Waals surface area contributed by atoms with Crippen LogP contribution in [-0.4, -0.2) is 47.0 Å². The van der Waals surface area contributed by atoms with Crippen molar-refractivity contribution >= 4 is 22.9 Å². The second-order valence-corrected chi connectivity index (χ2v) is 6.92. The monoisotopic (exact) mass is 364 g/mol. The normalized spacial score (nSPS) is 14.4. The largest absolute Gasteiger partial charge is 0.384 e. The molecule has 0 atom stereocenters. The molecule has 0 aromatic carbocycles. The van der Waals surface area contributed by atoms with Gasteiger partial charge in [0.1, 0.15) is 11.4 Å². The first-order chi connectivity index (χ1) is 12.0. The highest BCUT2D eigenvalue weighted by Crippen LogP contribution is 2.24. The van der Waals surface area contributed by atoms with Crippen LogP contribution >= 0.6 is 11.3 Å². The minimum atomic E-state index is -0.741. The number of aromatic amines is 1. The Kier molecular flexibility index (Phi) is 5.16. The van der Waals surface area contributed by atoms with Gasteiger partial charge in [-0.2, -0.15) is 0 Å². The van der Waals surface area contributed by atoms with E-state index in [1.54, 1.807) is 11.3 Å². The standard InChI is InChI=1S/C16H20N4O4S/c1-24-6-5-20-14(17)13(15(22)18-16(20)23)11(21)9-19-4-2-12-10(8-19)3-7-25-12/h3,7H,2,4-6,8-9,17H2,1H3,(H,18,22,23). The molecular weight excluding hydrogens is 344 g/mol. The average molecular weight is 364 g/mol. The predicted molar refractivity (Wildman–Crippen MR) is 95.2 cm³/mol. The van der Waals surface area contributed by atoms with E-state index in [4.69, 9.17) is 10.5 Å². The smallest absolute Gasteiger partial charge is 0.330 e. The molecule has 0 unspecified atom stereocenters. The molecule has 0 spiro atoms. The summed E-state index contributed by atoms with van der Waals surface area (Å²) in [5.74, 6) is -0.493. The van der Waals surface area contributed by atoms with Crippen molar-refractivity contribution in [1.82, 2.24) is 14.5 Å². The van der Waals surface area contributed by atoms with Crippen LogP contribution in [0, 0.1) is 0 Å². The molecule has 2 aromatic heterocycles. The molecule has 25 heavy (non-hydrogen) atoms. The van der Waals surface area contributed by atoms with Crippen molar-refractivity contribution < 1.29 is 9.53 Å². The number of nitrogens with zero attached hydrogens (tertiary/aromatic N) is 2. The lowest BCUT2D eigenvalue weighted by Gasteiger charge is -2.26. The van der Waals surface area contributed by atoms with Gasteiger partial charge < -0.3 is 10.5 Å². The SMILES string of the molecule is COCCn1c(N)c(C(=O)CN2CCc3sccc3C2)c(=O)[nH]c1=O. The molecule has 3 N–H and O–H groups in total. The van der Waals surface area contributed by atoms with Gasteiger partial charge in [0.2, 0.25) is 0 Å². The van der Waals surface area contributed by atoms with E-state index in [9.17, 15) is 14.4 Å². The van der Waals surface area contributed by atoms with Crippen molar-refractivity contribution in [1.29, 1.82) is 0 Å². The topological polar surface area (TPSA) is 110 Å². The average Bonchev–Trinajstić information content (AvgIpc) is 3.02. The summed E-state index contributed by atoms with van der Waals surface area (Å²) in [6, 6.07) is 2.06. The number of aromatic nitrogens is 2. The Hall–Kier alpha value is -2.23. The van der Waals surface area contributed by atoms with Crippen LogP contribution < -0.4 is 17.0 Å². The van der Waals surface area contributed by atoms with Crippen LogP contribution in [-0.2, 0) is 24.2 Å². The first-order valence-corrected chi connectivity index (χ1v) is 8.81. The van der Waals surface area contributed by atoms with Gasteiger partial charge in [0.05, 0.1) is 19.7 Å². The Morgan fingerprint density at radius 3 is 3.00 bits per heavy atom. The first-order valence-electron chi connectivity index (χ1n) is 7.93. The van der Waals surface area contributed by atoms with E-state index in [0.29, 0.717) is 6.54 Å². The molecule has 0 fully saturated rings. The molecule has 0 bridgehead atoms. The number of carbonyl (C=O) groups is 1. The number of ketones is 1. The van der Waals surface area contributed by atoms with Gasteiger partial charge in [0, 0.05) is 25.1 Å². The molecule has 1 aliphatic rings. The van der Waals surface area contributed by atoms with Crippen molar-refractivity contribution in [3.63, 3.8) is 0 Å². The van der Waals surface area contributed by atoms with Crippen molar-refractivity contribution in [3.05, 3.63) is 48.3 Å². The number of hydrogen-bond donors (Lipinski definition) is 2. The molecule has 2 aromatic rings. The van der Waals surface area contributed by atoms with Crippen LogP contribution in [0.1, 0.15) is 20.8 Å². The lowest BCUT2D eigenvalue weighted by molar-refractivity contribution is 0.0920. The van der Waals surface area contributed by atoms with Crippen molar-refractivity contribution in [2.24, 2.45) is 0 Å². The number of thiophene rings is 1. The second-order valence-electron chi connectivity index (χ2n) is 5.92. The zero-order chi connectivity index (χ0) is 18.0. The summed E-state index contributed by atoms with van der Waals surface area (Å²) in [5, 5.41) is 2.05. The Bertz CT molecular complexity index is 898. The van der Waals surface area contributed by atoms with Gasteiger partial charge in [-0.1, -0.05) is 0 Å². The van der Waals surface area contributed by atoms with Gasteiger partial charge in [-0.3, -0.25) is 24.0 Å². The first kappa shape index (κ1) is 17.6. The van der Waals surface area contributed by atoms with Crippen LogP contribution in [0.25, 0.3) is 0 Å². The lowest BCUT2D eigenvalue weighted by Crippen LogP contribution is -2.40. The van der Waals surface area contributed by atoms with E-state index < -0.39 is 11.2 Å². The van der Waals surface area contributed by atoms with Gasteiger partial charge in [0.25, 0.3) is 5.56 Å². The third kappa shape index (κ3) is 3.58. The van der Waals surface area contributed by atoms with Crippen molar-refractivity contribution in [2.45, 2.75) is 19.5 Å². The molecule has 0 amide bonds. The Morgan fingerprint density at radius 2 is 2.24 bits per heavy atom. The lowest BCUT2D eigenvalue weighted by atomic mass is 10.1. The minimum Gasteiger partial charge on any atom is -0.384 e. The highest BCUT2D eigenvalue weighted by molar-refractivity contribution is 7.10. The molecule has 134 valence electrons. The Morgan fingerprint density at radius 1 is 1.44 bits per heavy atom. The number of hydrogen-bond acceptors (Lipinski definition) is 7. The summed E-state index contributed by atoms with van der Waals surface area (Å²) < 4.78 is 6.09. The number of anilines is 1. The van der Waals surface area contributed by atoms with Gasteiger partial charge >= 0.3 is 5.69 Å². The quantitative estimate of drug-likeness (QED) is 0.702. The number of Topliss-reactive ketones (excluding diaryl/α,β-unsaturated/α-hetero) is 1. The van der Waals surface area contributed by atoms with Crippen molar-refractivity contribution in [3.8, 4) is 0 Å². The fourth-order valence-electron chi connectivity index (χ4n) is 2.99. The van der Waals surface area contributed by atoms with E-state index in [1.807, 2.05) is 10.3 Å². The Labute approximate surface area is 147 Å². The number of rotatable bonds is 6. The third-order valence-corrected chi connectivity index (χ3v) is 5.31. The molecule has 0 radical (unpaired) electrons. The molecule has 0 saturated carbocycles. The number of H-pyrrole nitrogens is 1. The summed E-state index contributed by atoms with van der Waals surface area (Å²) in [6.07, 6.45) is 0.888. The van der Waals surface area contributed by atoms with Gasteiger partial charge in [-0.15, -0.1) is 11.3 Å². The molecule has 0 aliphatic carbocycles. The van der Waals surface area contributed by atoms with Crippen molar-refractivity contribution in [2.75, 3.05) is 32.5 Å². The predicted octanol–water partition coefficient (Wildman–Crippen LogP) is 0.0677. The number of ether oxygens (including phenoxy) is 1. The van der Waals surface area contributed by atoms with Crippen LogP contribution in [0.3, 0.4) is 0 Å². The maximum Gasteiger partial charge on any atom is 0.330 e. The fourth-order valence-corrected chi connectivity index (χ4v) is 3.88. The highest BCUT2D eigenvalue weighted by Gasteiger charge is 2.24. The number of nitrogens with two attached hydrogens (primary N) is 1. The number of methoxy groups -OCH3 is 1. The molecule has 9 heteroatoms. The number of nitrogens with one attached hydrogen (secondary N) is 1. The Balaban J connectivity index is 1.82. The molecule has 0 saturated heterocycles. The summed E-state index contributed by atoms with van der Waals surface area (Å²) >= 11 is 1.72. The summed E-state index contributed by atoms with van der Waals surface area (Å²) in [7, 11) is 1.49. The maximum atomic E-state index is 12.7. The van der Waals surface area contributed by atoms with Crippen LogP contribution in [0.5, 0.6) is 0 Å². The van der Waals surface area contributed by atoms with Crippen LogP contribution in [0.4, 0.5) is 5.82 Å². The molecule has 1 aliphatic heterocycles. The molecular formula is C16H20N4O4S. The van der Waals surface area contributed by atoms with Crippen LogP contribution in [0.15, 0.2) is 21.0 Å². The fraction of sp³-hybridized carbons (Fsp3) is 0.438. The van der Waals surface area contributed by atoms with E-state index in [1.165, 1.54) is 17.6 Å². The summed E-state index contributed by atoms with van der Waals surface area (Å²) in [4.78, 5) is 42.2. The number of fused-ring (bicyclic) bond motifs is 1. The molecule has 3 rings (SSSR count). The van der Waals surface area contributed by atoms with E-state index in [2.05, 4.69) is 11.1 Å². The minimum absolute atomic E-state index is 0.0883. The van der Waals surface area contributed by atoms with Crippen LogP contribution in [0.2, 0.25) is 0 Å². The zero-order valence-corrected chi connectivity index (χ0v) is 14.7. The summed E-state index contributed by atoms with van der Waals surface area (Å²) in [5.41, 5.74) is 5.62. The van der Waals surface area contributed by atoms with E-state index in [-0.39, 0.29) is 36.9 Å². The highest BCUT2D eigenvalue weighted by atomic mass is 32.1. The number of nitrogen functional groups attached to an aromatic ring is 1. The second kappa shape index (κ2) is 7.34. The van der Waals surface area contributed by atoms with E-state index >= 15 is 0 Å². The van der Waals surface area contributed by atoms with E-state index in [0.717, 1.165) is 17.5 Å². The third-order valence-electron chi connectivity index (χ3n) is 4.29. The molecule has 8 nitrogen and oxygen atoms in total. The maximum absolute atomic E-state index is 12.7. The number of carbonyl (C=O) groups excluding carboxylic acids is 1. The summed E-state index contributed by atoms with van der Waals surface area (Å²) in [6.45, 7) is 1.92. The zero-order valence-electron chi connectivity index (χ0n) is 13.9. The molecule has 3 heterocycles.